The number of benzene rings is 1. The summed E-state index contributed by atoms with van der Waals surface area (Å²) >= 11 is 6.18. The molecule has 0 unspecified atom stereocenters. The molecule has 1 aromatic carbocycles. The Kier molecular flexibility index (Phi) is 4.87. The summed E-state index contributed by atoms with van der Waals surface area (Å²) in [6.45, 7) is 2.81. The van der Waals surface area contributed by atoms with Gasteiger partial charge in [-0.3, -0.25) is 0 Å². The molecule has 0 bridgehead atoms. The third-order valence-electron chi connectivity index (χ3n) is 3.41. The molecule has 0 heterocycles. The van der Waals surface area contributed by atoms with E-state index in [2.05, 4.69) is 17.3 Å². The molecule has 0 radical (unpaired) electrons. The van der Waals surface area contributed by atoms with Crippen molar-refractivity contribution in [3.05, 3.63) is 28.8 Å². The smallest absolute Gasteiger partial charge is 0.124 e. The molecule has 1 aliphatic rings. The first-order valence-electron chi connectivity index (χ1n) is 6.44. The van der Waals surface area contributed by atoms with E-state index >= 15 is 0 Å². The number of ether oxygens (including phenoxy) is 1. The van der Waals surface area contributed by atoms with Crippen LogP contribution in [0.4, 0.5) is 0 Å². The summed E-state index contributed by atoms with van der Waals surface area (Å²) in [4.78, 5) is 2.41. The number of halogens is 1. The molecule has 0 atom stereocenters. The summed E-state index contributed by atoms with van der Waals surface area (Å²) in [5.41, 5.74) is 1.04. The molecular weight excluding hydrogens is 248 g/mol. The minimum atomic E-state index is 0.751. The molecular formula is C14H21ClN2O. The normalized spacial score (nSPS) is 15.1. The third kappa shape index (κ3) is 3.61. The molecule has 1 aromatic rings. The van der Waals surface area contributed by atoms with E-state index in [4.69, 9.17) is 16.3 Å². The van der Waals surface area contributed by atoms with Crippen LogP contribution in [0.1, 0.15) is 18.4 Å². The van der Waals surface area contributed by atoms with Gasteiger partial charge < -0.3 is 15.0 Å². The summed E-state index contributed by atoms with van der Waals surface area (Å²) in [7, 11) is 3.87. The largest absolute Gasteiger partial charge is 0.496 e. The zero-order valence-electron chi connectivity index (χ0n) is 11.1. The molecule has 0 aromatic heterocycles. The maximum Gasteiger partial charge on any atom is 0.124 e. The maximum atomic E-state index is 6.18. The molecule has 0 spiro atoms. The molecule has 18 heavy (non-hydrogen) atoms. The lowest BCUT2D eigenvalue weighted by molar-refractivity contribution is 0.321. The van der Waals surface area contributed by atoms with Gasteiger partial charge in [-0.1, -0.05) is 17.7 Å². The van der Waals surface area contributed by atoms with Crippen LogP contribution in [0.25, 0.3) is 0 Å². The Labute approximate surface area is 114 Å². The van der Waals surface area contributed by atoms with Crippen LogP contribution in [0.5, 0.6) is 5.75 Å². The lowest BCUT2D eigenvalue weighted by Gasteiger charge is -2.16. The highest BCUT2D eigenvalue weighted by molar-refractivity contribution is 6.31. The number of likely N-dealkylation sites (N-methyl/N-ethyl adjacent to an activating group) is 1. The Morgan fingerprint density at radius 1 is 1.44 bits per heavy atom. The highest BCUT2D eigenvalue weighted by atomic mass is 35.5. The zero-order chi connectivity index (χ0) is 13.0. The SMILES string of the molecule is COc1cccc(Cl)c1CNCCN(C)C1CC1. The predicted molar refractivity (Wildman–Crippen MR) is 75.4 cm³/mol. The van der Waals surface area contributed by atoms with Crippen molar-refractivity contribution >= 4 is 11.6 Å². The first-order valence-corrected chi connectivity index (χ1v) is 6.82. The summed E-state index contributed by atoms with van der Waals surface area (Å²) in [5, 5.41) is 4.19. The second-order valence-corrected chi connectivity index (χ2v) is 5.22. The van der Waals surface area contributed by atoms with Crippen LogP contribution in [-0.2, 0) is 6.54 Å². The van der Waals surface area contributed by atoms with Gasteiger partial charge in [0.15, 0.2) is 0 Å². The molecule has 100 valence electrons. The average molecular weight is 269 g/mol. The van der Waals surface area contributed by atoms with Crippen LogP contribution in [0.2, 0.25) is 5.02 Å². The molecule has 0 saturated heterocycles. The van der Waals surface area contributed by atoms with E-state index in [1.54, 1.807) is 7.11 Å². The van der Waals surface area contributed by atoms with Crippen LogP contribution in [0, 0.1) is 0 Å². The Bertz CT molecular complexity index is 393. The van der Waals surface area contributed by atoms with Gasteiger partial charge in [-0.2, -0.15) is 0 Å². The predicted octanol–water partition coefficient (Wildman–Crippen LogP) is 2.53. The van der Waals surface area contributed by atoms with Crippen LogP contribution >= 0.6 is 11.6 Å². The Morgan fingerprint density at radius 3 is 2.89 bits per heavy atom. The summed E-state index contributed by atoms with van der Waals surface area (Å²) in [6.07, 6.45) is 2.71. The van der Waals surface area contributed by atoms with Gasteiger partial charge in [-0.15, -0.1) is 0 Å². The number of hydrogen-bond acceptors (Lipinski definition) is 3. The van der Waals surface area contributed by atoms with E-state index in [-0.39, 0.29) is 0 Å². The molecule has 3 nitrogen and oxygen atoms in total. The molecule has 1 fully saturated rings. The van der Waals surface area contributed by atoms with Gasteiger partial charge in [0.2, 0.25) is 0 Å². The molecule has 1 saturated carbocycles. The number of nitrogens with one attached hydrogen (secondary N) is 1. The van der Waals surface area contributed by atoms with Crippen molar-refractivity contribution in [2.45, 2.75) is 25.4 Å². The maximum absolute atomic E-state index is 6.18. The van der Waals surface area contributed by atoms with Crippen molar-refractivity contribution in [2.24, 2.45) is 0 Å². The van der Waals surface area contributed by atoms with E-state index in [0.29, 0.717) is 0 Å². The molecule has 2 rings (SSSR count). The second kappa shape index (κ2) is 6.41. The van der Waals surface area contributed by atoms with Crippen molar-refractivity contribution in [1.29, 1.82) is 0 Å². The van der Waals surface area contributed by atoms with E-state index in [1.165, 1.54) is 12.8 Å². The molecule has 0 aliphatic heterocycles. The van der Waals surface area contributed by atoms with Crippen LogP contribution in [0.15, 0.2) is 18.2 Å². The third-order valence-corrected chi connectivity index (χ3v) is 3.76. The van der Waals surface area contributed by atoms with Crippen LogP contribution in [0.3, 0.4) is 0 Å². The Balaban J connectivity index is 1.78. The standard InChI is InChI=1S/C14H21ClN2O/c1-17(11-6-7-11)9-8-16-10-12-13(15)4-3-5-14(12)18-2/h3-5,11,16H,6-10H2,1-2H3. The van der Waals surface area contributed by atoms with Gasteiger partial charge in [0.25, 0.3) is 0 Å². The van der Waals surface area contributed by atoms with E-state index in [1.807, 2.05) is 18.2 Å². The Hall–Kier alpha value is -0.770. The summed E-state index contributed by atoms with van der Waals surface area (Å²) in [5.74, 6) is 0.852. The zero-order valence-corrected chi connectivity index (χ0v) is 11.8. The van der Waals surface area contributed by atoms with Gasteiger partial charge >= 0.3 is 0 Å². The molecule has 1 aliphatic carbocycles. The minimum absolute atomic E-state index is 0.751. The fraction of sp³-hybridized carbons (Fsp3) is 0.571. The van der Waals surface area contributed by atoms with Crippen LogP contribution < -0.4 is 10.1 Å². The van der Waals surface area contributed by atoms with Crippen molar-refractivity contribution in [3.63, 3.8) is 0 Å². The minimum Gasteiger partial charge on any atom is -0.496 e. The van der Waals surface area contributed by atoms with Gasteiger partial charge in [0, 0.05) is 36.3 Å². The van der Waals surface area contributed by atoms with E-state index in [0.717, 1.165) is 42.0 Å². The number of rotatable bonds is 7. The van der Waals surface area contributed by atoms with Gasteiger partial charge in [-0.05, 0) is 32.0 Å². The van der Waals surface area contributed by atoms with Crippen molar-refractivity contribution in [1.82, 2.24) is 10.2 Å². The lowest BCUT2D eigenvalue weighted by atomic mass is 10.2. The highest BCUT2D eigenvalue weighted by Crippen LogP contribution is 2.26. The molecule has 0 amide bonds. The van der Waals surface area contributed by atoms with Crippen molar-refractivity contribution in [2.75, 3.05) is 27.2 Å². The van der Waals surface area contributed by atoms with Crippen molar-refractivity contribution in [3.8, 4) is 5.75 Å². The fourth-order valence-corrected chi connectivity index (χ4v) is 2.30. The number of nitrogens with zero attached hydrogens (tertiary/aromatic N) is 1. The summed E-state index contributed by atoms with van der Waals surface area (Å²) in [6, 6.07) is 6.57. The summed E-state index contributed by atoms with van der Waals surface area (Å²) < 4.78 is 5.32. The lowest BCUT2D eigenvalue weighted by Crippen LogP contribution is -2.30. The van der Waals surface area contributed by atoms with Gasteiger partial charge in [0.1, 0.15) is 5.75 Å². The number of hydrogen-bond donors (Lipinski definition) is 1. The monoisotopic (exact) mass is 268 g/mol. The quantitative estimate of drug-likeness (QED) is 0.769. The average Bonchev–Trinajstić information content (AvgIpc) is 3.19. The first kappa shape index (κ1) is 13.7. The molecule has 1 N–H and O–H groups in total. The van der Waals surface area contributed by atoms with Crippen LogP contribution in [-0.4, -0.2) is 38.2 Å². The second-order valence-electron chi connectivity index (χ2n) is 4.81. The topological polar surface area (TPSA) is 24.5 Å². The Morgan fingerprint density at radius 2 is 2.22 bits per heavy atom. The highest BCUT2D eigenvalue weighted by Gasteiger charge is 2.25. The van der Waals surface area contributed by atoms with Crippen molar-refractivity contribution < 1.29 is 4.74 Å². The number of methoxy groups -OCH3 is 1. The fourth-order valence-electron chi connectivity index (χ4n) is 2.07. The van der Waals surface area contributed by atoms with Gasteiger partial charge in [0.05, 0.1) is 7.11 Å². The molecule has 4 heteroatoms. The first-order chi connectivity index (χ1) is 8.72. The van der Waals surface area contributed by atoms with E-state index < -0.39 is 0 Å². The van der Waals surface area contributed by atoms with Gasteiger partial charge in [-0.25, -0.2) is 0 Å². The van der Waals surface area contributed by atoms with E-state index in [9.17, 15) is 0 Å².